The summed E-state index contributed by atoms with van der Waals surface area (Å²) in [5.41, 5.74) is 8.64. The van der Waals surface area contributed by atoms with Gasteiger partial charge >= 0.3 is 0 Å². The largest absolute Gasteiger partial charge is 0.365 e. The van der Waals surface area contributed by atoms with Gasteiger partial charge < -0.3 is 15.2 Å². The van der Waals surface area contributed by atoms with E-state index in [-0.39, 0.29) is 5.37 Å². The number of pyridine rings is 1. The fourth-order valence-corrected chi connectivity index (χ4v) is 5.45. The van der Waals surface area contributed by atoms with Crippen molar-refractivity contribution in [1.82, 2.24) is 29.1 Å². The van der Waals surface area contributed by atoms with Crippen molar-refractivity contribution in [3.8, 4) is 22.6 Å². The summed E-state index contributed by atoms with van der Waals surface area (Å²) in [7, 11) is 0. The van der Waals surface area contributed by atoms with Crippen LogP contribution in [0.25, 0.3) is 28.3 Å². The predicted octanol–water partition coefficient (Wildman–Crippen LogP) is 4.64. The number of halogens is 3. The van der Waals surface area contributed by atoms with Gasteiger partial charge in [0.2, 0.25) is 0 Å². The van der Waals surface area contributed by atoms with Crippen LogP contribution < -0.4 is 10.6 Å². The molecular formula is C26H19F3N8OS. The highest BCUT2D eigenvalue weighted by molar-refractivity contribution is 8.04. The van der Waals surface area contributed by atoms with Crippen molar-refractivity contribution in [3.05, 3.63) is 95.9 Å². The van der Waals surface area contributed by atoms with Gasteiger partial charge in [-0.05, 0) is 54.1 Å². The number of fused-ring (bicyclic) bond motifs is 1. The molecule has 0 fully saturated rings. The van der Waals surface area contributed by atoms with Gasteiger partial charge in [-0.1, -0.05) is 11.8 Å². The van der Waals surface area contributed by atoms with Gasteiger partial charge in [-0.25, -0.2) is 27.7 Å². The lowest BCUT2D eigenvalue weighted by Crippen LogP contribution is -2.17. The lowest BCUT2D eigenvalue weighted by molar-refractivity contribution is -0.113. The second-order valence-electron chi connectivity index (χ2n) is 8.63. The minimum Gasteiger partial charge on any atom is -0.365 e. The number of thioether (sulfide) groups is 1. The van der Waals surface area contributed by atoms with Gasteiger partial charge in [0.15, 0.2) is 11.5 Å². The molecule has 5 heterocycles. The molecule has 1 amide bonds. The molecule has 0 radical (unpaired) electrons. The number of imidazole rings is 2. The molecule has 0 saturated carbocycles. The summed E-state index contributed by atoms with van der Waals surface area (Å²) in [5, 5.41) is 4.34. The van der Waals surface area contributed by atoms with E-state index in [9.17, 15) is 18.0 Å². The Morgan fingerprint density at radius 3 is 2.56 bits per heavy atom. The first kappa shape index (κ1) is 24.7. The number of nitrogens with two attached hydrogens (primary N) is 1. The lowest BCUT2D eigenvalue weighted by atomic mass is 10.1. The molecule has 39 heavy (non-hydrogen) atoms. The van der Waals surface area contributed by atoms with Crippen LogP contribution in [-0.4, -0.2) is 41.5 Å². The molecule has 1 aromatic carbocycles. The van der Waals surface area contributed by atoms with Crippen LogP contribution in [0.5, 0.6) is 0 Å². The molecule has 4 aromatic heterocycles. The number of anilines is 1. The van der Waals surface area contributed by atoms with Crippen molar-refractivity contribution in [3.63, 3.8) is 0 Å². The van der Waals surface area contributed by atoms with Gasteiger partial charge in [0.05, 0.1) is 35.4 Å². The molecule has 0 spiro atoms. The summed E-state index contributed by atoms with van der Waals surface area (Å²) in [4.78, 5) is 27.2. The molecule has 196 valence electrons. The highest BCUT2D eigenvalue weighted by atomic mass is 32.2. The minimum atomic E-state index is -2.62. The Kier molecular flexibility index (Phi) is 6.27. The number of carbonyl (C=O) groups is 1. The zero-order valence-corrected chi connectivity index (χ0v) is 20.8. The first-order chi connectivity index (χ1) is 18.9. The Labute approximate surface area is 223 Å². The van der Waals surface area contributed by atoms with Crippen LogP contribution in [0.1, 0.15) is 10.9 Å². The normalized spacial score (nSPS) is 15.3. The van der Waals surface area contributed by atoms with Crippen LogP contribution in [0.3, 0.4) is 0 Å². The number of carbonyl (C=O) groups excluding carboxylic acids is 1. The summed E-state index contributed by atoms with van der Waals surface area (Å²) < 4.78 is 43.2. The number of hydrogen-bond donors (Lipinski definition) is 1. The number of amides is 1. The number of aromatic nitrogens is 6. The molecule has 6 rings (SSSR count). The summed E-state index contributed by atoms with van der Waals surface area (Å²) in [5.74, 6) is -0.465. The second kappa shape index (κ2) is 9.91. The summed E-state index contributed by atoms with van der Waals surface area (Å²) in [6.45, 7) is -0.586. The third-order valence-electron chi connectivity index (χ3n) is 6.09. The molecule has 1 unspecified atom stereocenters. The fourth-order valence-electron chi connectivity index (χ4n) is 4.34. The Hall–Kier alpha value is -4.65. The van der Waals surface area contributed by atoms with Crippen molar-refractivity contribution < 1.29 is 18.0 Å². The molecule has 5 aromatic rings. The molecule has 0 bridgehead atoms. The van der Waals surface area contributed by atoms with Crippen molar-refractivity contribution in [2.24, 2.45) is 5.73 Å². The molecule has 1 atom stereocenters. The summed E-state index contributed by atoms with van der Waals surface area (Å²) in [6, 6.07) is 12.7. The van der Waals surface area contributed by atoms with E-state index in [1.54, 1.807) is 36.9 Å². The van der Waals surface area contributed by atoms with Crippen LogP contribution in [0.15, 0.2) is 84.6 Å². The Balaban J connectivity index is 1.43. The van der Waals surface area contributed by atoms with E-state index in [2.05, 4.69) is 20.1 Å². The van der Waals surface area contributed by atoms with Gasteiger partial charge in [-0.3, -0.25) is 9.78 Å². The molecule has 0 saturated heterocycles. The van der Waals surface area contributed by atoms with E-state index < -0.39 is 24.7 Å². The lowest BCUT2D eigenvalue weighted by Gasteiger charge is -2.22. The number of alkyl halides is 2. The standard InChI is InChI=1S/C26H19F3N8OS/c27-17-3-1-15(2-4-17)23-24(35(14-32-23)12-20(28)29)18-5-6-21-33-22(13-37(21)34-18)36-11-19(25(30)38)39-26(36)16-7-9-31-10-8-16/h1-11,13-14,20,26H,12H2,(H2,30,38). The zero-order chi connectivity index (χ0) is 27.1. The quantitative estimate of drug-likeness (QED) is 0.316. The van der Waals surface area contributed by atoms with E-state index >= 15 is 0 Å². The minimum absolute atomic E-state index is 0.308. The van der Waals surface area contributed by atoms with Crippen LogP contribution in [0.4, 0.5) is 19.0 Å². The van der Waals surface area contributed by atoms with E-state index in [0.29, 0.717) is 39.0 Å². The predicted molar refractivity (Wildman–Crippen MR) is 140 cm³/mol. The van der Waals surface area contributed by atoms with Crippen molar-refractivity contribution in [2.45, 2.75) is 18.3 Å². The maximum atomic E-state index is 13.5. The maximum absolute atomic E-state index is 13.5. The summed E-state index contributed by atoms with van der Waals surface area (Å²) >= 11 is 1.30. The SMILES string of the molecule is NC(=O)C1=CN(c2cn3nc(-c4c(-c5ccc(F)cc5)ncn4CC(F)F)ccc3n2)C(c2ccncc2)S1. The molecule has 2 N–H and O–H groups in total. The third kappa shape index (κ3) is 4.72. The number of hydrogen-bond acceptors (Lipinski definition) is 7. The zero-order valence-electron chi connectivity index (χ0n) is 20.0. The van der Waals surface area contributed by atoms with Crippen LogP contribution in [0, 0.1) is 5.82 Å². The highest BCUT2D eigenvalue weighted by Gasteiger charge is 2.32. The number of nitrogens with zero attached hydrogens (tertiary/aromatic N) is 7. The Morgan fingerprint density at radius 1 is 1.08 bits per heavy atom. The average Bonchev–Trinajstić information content (AvgIpc) is 3.65. The number of primary amides is 1. The highest BCUT2D eigenvalue weighted by Crippen LogP contribution is 2.45. The molecule has 13 heteroatoms. The number of rotatable bonds is 7. The summed E-state index contributed by atoms with van der Waals surface area (Å²) in [6.07, 6.45) is 5.35. The van der Waals surface area contributed by atoms with Crippen molar-refractivity contribution in [1.29, 1.82) is 0 Å². The van der Waals surface area contributed by atoms with E-state index in [1.807, 2.05) is 17.0 Å². The van der Waals surface area contributed by atoms with Crippen LogP contribution in [-0.2, 0) is 11.3 Å². The second-order valence-corrected chi connectivity index (χ2v) is 9.75. The third-order valence-corrected chi connectivity index (χ3v) is 7.37. The van der Waals surface area contributed by atoms with Crippen molar-refractivity contribution >= 4 is 29.1 Å². The smallest absolute Gasteiger partial charge is 0.256 e. The molecule has 1 aliphatic rings. The first-order valence-corrected chi connectivity index (χ1v) is 12.6. The maximum Gasteiger partial charge on any atom is 0.256 e. The van der Waals surface area contributed by atoms with E-state index in [4.69, 9.17) is 5.73 Å². The average molecular weight is 549 g/mol. The van der Waals surface area contributed by atoms with Gasteiger partial charge in [0.25, 0.3) is 12.3 Å². The van der Waals surface area contributed by atoms with Gasteiger partial charge in [-0.2, -0.15) is 5.10 Å². The molecular weight excluding hydrogens is 529 g/mol. The number of benzene rings is 1. The Bertz CT molecular complexity index is 1700. The first-order valence-electron chi connectivity index (χ1n) is 11.7. The van der Waals surface area contributed by atoms with E-state index in [0.717, 1.165) is 5.56 Å². The van der Waals surface area contributed by atoms with Gasteiger partial charge in [-0.15, -0.1) is 0 Å². The fraction of sp³-hybridized carbons (Fsp3) is 0.115. The van der Waals surface area contributed by atoms with Gasteiger partial charge in [0.1, 0.15) is 16.9 Å². The van der Waals surface area contributed by atoms with Crippen LogP contribution in [0.2, 0.25) is 0 Å². The van der Waals surface area contributed by atoms with Crippen LogP contribution >= 0.6 is 11.8 Å². The topological polar surface area (TPSA) is 107 Å². The van der Waals surface area contributed by atoms with E-state index in [1.165, 1.54) is 51.4 Å². The molecule has 1 aliphatic heterocycles. The monoisotopic (exact) mass is 548 g/mol. The molecule has 0 aliphatic carbocycles. The Morgan fingerprint density at radius 2 is 1.85 bits per heavy atom. The molecule has 9 nitrogen and oxygen atoms in total. The van der Waals surface area contributed by atoms with Gasteiger partial charge in [0, 0.05) is 24.2 Å². The van der Waals surface area contributed by atoms with Crippen molar-refractivity contribution in [2.75, 3.05) is 4.90 Å².